The third-order valence-corrected chi connectivity index (χ3v) is 4.78. The van der Waals surface area contributed by atoms with Gasteiger partial charge in [-0.1, -0.05) is 0 Å². The van der Waals surface area contributed by atoms with Crippen molar-refractivity contribution in [2.45, 2.75) is 19.4 Å². The predicted octanol–water partition coefficient (Wildman–Crippen LogP) is 2.20. The van der Waals surface area contributed by atoms with Crippen molar-refractivity contribution in [1.29, 1.82) is 0 Å². The fraction of sp³-hybridized carbons (Fsp3) is 0.368. The quantitative estimate of drug-likeness (QED) is 0.847. The minimum atomic E-state index is -0.565. The summed E-state index contributed by atoms with van der Waals surface area (Å²) in [7, 11) is 0. The third kappa shape index (κ3) is 3.89. The van der Waals surface area contributed by atoms with E-state index in [1.165, 1.54) is 23.4 Å². The van der Waals surface area contributed by atoms with Crippen molar-refractivity contribution in [3.05, 3.63) is 53.7 Å². The summed E-state index contributed by atoms with van der Waals surface area (Å²) in [4.78, 5) is 35.7. The van der Waals surface area contributed by atoms with E-state index in [0.717, 1.165) is 19.4 Å². The van der Waals surface area contributed by atoms with Crippen molar-refractivity contribution in [2.75, 3.05) is 24.5 Å². The molecule has 4 rings (SSSR count). The largest absolute Gasteiger partial charge is 0.348 e. The van der Waals surface area contributed by atoms with Gasteiger partial charge in [0.25, 0.3) is 5.91 Å². The molecule has 27 heavy (non-hydrogen) atoms. The molecule has 2 fully saturated rings. The molecule has 0 aromatic carbocycles. The minimum absolute atomic E-state index is 0.0423. The summed E-state index contributed by atoms with van der Waals surface area (Å²) in [5.74, 6) is -0.221. The number of carbonyl (C=O) groups excluding carboxylic acids is 2. The first kappa shape index (κ1) is 17.4. The van der Waals surface area contributed by atoms with E-state index >= 15 is 0 Å². The molecule has 8 heteroatoms. The van der Waals surface area contributed by atoms with Gasteiger partial charge in [-0.2, -0.15) is 0 Å². The Morgan fingerprint density at radius 2 is 2.15 bits per heavy atom. The summed E-state index contributed by atoms with van der Waals surface area (Å²) >= 11 is 0. The molecule has 1 aliphatic carbocycles. The number of rotatable bonds is 6. The maximum Gasteiger partial charge on any atom is 0.325 e. The van der Waals surface area contributed by atoms with Crippen molar-refractivity contribution in [3.8, 4) is 0 Å². The molecule has 7 nitrogen and oxygen atoms in total. The van der Waals surface area contributed by atoms with Crippen molar-refractivity contribution < 1.29 is 14.0 Å². The first-order valence-corrected chi connectivity index (χ1v) is 9.01. The molecular formula is C19H20FN5O2. The molecule has 0 radical (unpaired) electrons. The van der Waals surface area contributed by atoms with Gasteiger partial charge in [-0.3, -0.25) is 14.7 Å². The summed E-state index contributed by atoms with van der Waals surface area (Å²) in [5, 5.41) is 2.70. The number of hydrogen-bond donors (Lipinski definition) is 1. The maximum atomic E-state index is 14.5. The first-order chi connectivity index (χ1) is 13.1. The summed E-state index contributed by atoms with van der Waals surface area (Å²) in [6.07, 6.45) is 6.86. The Hall–Kier alpha value is -3.03. The molecule has 1 aliphatic heterocycles. The predicted molar refractivity (Wildman–Crippen MR) is 96.6 cm³/mol. The van der Waals surface area contributed by atoms with Crippen LogP contribution in [0.5, 0.6) is 0 Å². The zero-order valence-corrected chi connectivity index (χ0v) is 14.8. The molecule has 0 unspecified atom stereocenters. The number of aromatic nitrogens is 2. The van der Waals surface area contributed by atoms with E-state index in [2.05, 4.69) is 15.3 Å². The zero-order chi connectivity index (χ0) is 18.8. The van der Waals surface area contributed by atoms with Crippen LogP contribution in [0.2, 0.25) is 0 Å². The lowest BCUT2D eigenvalue weighted by atomic mass is 10.2. The first-order valence-electron chi connectivity index (χ1n) is 9.01. The number of carbonyl (C=O) groups is 2. The minimum Gasteiger partial charge on any atom is -0.348 e. The van der Waals surface area contributed by atoms with Gasteiger partial charge in [-0.05, 0) is 42.5 Å². The Morgan fingerprint density at radius 3 is 2.85 bits per heavy atom. The number of pyridine rings is 2. The van der Waals surface area contributed by atoms with Gasteiger partial charge in [0.1, 0.15) is 0 Å². The normalized spacial score (nSPS) is 16.7. The fourth-order valence-electron chi connectivity index (χ4n) is 3.11. The second kappa shape index (κ2) is 7.30. The van der Waals surface area contributed by atoms with Crippen LogP contribution in [0.4, 0.5) is 15.0 Å². The number of amides is 3. The summed E-state index contributed by atoms with van der Waals surface area (Å²) in [6.45, 7) is 1.92. The second-order valence-electron chi connectivity index (χ2n) is 6.90. The van der Waals surface area contributed by atoms with E-state index in [0.29, 0.717) is 30.1 Å². The molecule has 0 bridgehead atoms. The average Bonchev–Trinajstić information content (AvgIpc) is 3.44. The second-order valence-corrected chi connectivity index (χ2v) is 6.90. The van der Waals surface area contributed by atoms with E-state index in [9.17, 15) is 14.0 Å². The molecule has 0 spiro atoms. The lowest BCUT2D eigenvalue weighted by molar-refractivity contribution is 0.0950. The molecule has 2 aromatic rings. The monoisotopic (exact) mass is 369 g/mol. The van der Waals surface area contributed by atoms with Crippen LogP contribution in [-0.4, -0.2) is 46.4 Å². The summed E-state index contributed by atoms with van der Waals surface area (Å²) in [5.41, 5.74) is 0.955. The number of halogens is 1. The molecule has 0 atom stereocenters. The lowest BCUT2D eigenvalue weighted by Gasteiger charge is -2.18. The molecule has 3 heterocycles. The number of hydrogen-bond acceptors (Lipinski definition) is 4. The number of nitrogens with one attached hydrogen (secondary N) is 1. The van der Waals surface area contributed by atoms with E-state index in [1.54, 1.807) is 23.2 Å². The highest BCUT2D eigenvalue weighted by atomic mass is 19.1. The molecule has 140 valence electrons. The lowest BCUT2D eigenvalue weighted by Crippen LogP contribution is -2.34. The number of anilines is 1. The topological polar surface area (TPSA) is 78.4 Å². The van der Waals surface area contributed by atoms with Crippen LogP contribution < -0.4 is 10.2 Å². The number of nitrogens with zero attached hydrogens (tertiary/aromatic N) is 4. The Balaban J connectivity index is 1.39. The van der Waals surface area contributed by atoms with Crippen LogP contribution >= 0.6 is 0 Å². The molecule has 2 aromatic heterocycles. The highest BCUT2D eigenvalue weighted by Crippen LogP contribution is 2.31. The zero-order valence-electron chi connectivity index (χ0n) is 14.8. The van der Waals surface area contributed by atoms with Gasteiger partial charge in [-0.25, -0.2) is 14.2 Å². The third-order valence-electron chi connectivity index (χ3n) is 4.78. The van der Waals surface area contributed by atoms with Gasteiger partial charge < -0.3 is 10.2 Å². The highest BCUT2D eigenvalue weighted by molar-refractivity contribution is 5.94. The standard InChI is InChI=1S/C19H20FN5O2/c20-16-8-14(10-23-18(26)15-2-1-5-21-11-15)9-22-17(16)25-7-6-24(19(25)27)12-13-3-4-13/h1-2,5,8-9,11,13H,3-4,6-7,10,12H2,(H,23,26). The molecule has 1 N–H and O–H groups in total. The molecule has 1 saturated heterocycles. The average molecular weight is 369 g/mol. The van der Waals surface area contributed by atoms with Crippen LogP contribution in [-0.2, 0) is 6.54 Å². The van der Waals surface area contributed by atoms with Gasteiger partial charge in [0.2, 0.25) is 0 Å². The van der Waals surface area contributed by atoms with E-state index in [-0.39, 0.29) is 24.3 Å². The summed E-state index contributed by atoms with van der Waals surface area (Å²) < 4.78 is 14.5. The Labute approximate surface area is 156 Å². The van der Waals surface area contributed by atoms with Crippen LogP contribution in [0, 0.1) is 11.7 Å². The molecular weight excluding hydrogens is 349 g/mol. The Bertz CT molecular complexity index is 856. The van der Waals surface area contributed by atoms with Gasteiger partial charge in [0, 0.05) is 44.8 Å². The van der Waals surface area contributed by atoms with E-state index in [4.69, 9.17) is 0 Å². The van der Waals surface area contributed by atoms with Gasteiger partial charge >= 0.3 is 6.03 Å². The van der Waals surface area contributed by atoms with Crippen LogP contribution in [0.1, 0.15) is 28.8 Å². The molecule has 3 amide bonds. The fourth-order valence-corrected chi connectivity index (χ4v) is 3.11. The van der Waals surface area contributed by atoms with Crippen molar-refractivity contribution in [2.24, 2.45) is 5.92 Å². The molecule has 2 aliphatic rings. The van der Waals surface area contributed by atoms with Crippen LogP contribution in [0.15, 0.2) is 36.8 Å². The smallest absolute Gasteiger partial charge is 0.325 e. The van der Waals surface area contributed by atoms with E-state index < -0.39 is 5.82 Å². The Kier molecular flexibility index (Phi) is 4.70. The van der Waals surface area contributed by atoms with E-state index in [1.807, 2.05) is 0 Å². The summed E-state index contributed by atoms with van der Waals surface area (Å²) in [6, 6.07) is 4.44. The van der Waals surface area contributed by atoms with Gasteiger partial charge in [0.05, 0.1) is 5.56 Å². The van der Waals surface area contributed by atoms with Gasteiger partial charge in [-0.15, -0.1) is 0 Å². The SMILES string of the molecule is O=C(NCc1cnc(N2CCN(CC3CC3)C2=O)c(F)c1)c1cccnc1. The van der Waals surface area contributed by atoms with Gasteiger partial charge in [0.15, 0.2) is 11.6 Å². The highest BCUT2D eigenvalue weighted by Gasteiger charge is 2.35. The van der Waals surface area contributed by atoms with Crippen molar-refractivity contribution in [1.82, 2.24) is 20.2 Å². The maximum absolute atomic E-state index is 14.5. The number of urea groups is 1. The van der Waals surface area contributed by atoms with Crippen molar-refractivity contribution >= 4 is 17.8 Å². The Morgan fingerprint density at radius 1 is 1.30 bits per heavy atom. The van der Waals surface area contributed by atoms with Crippen molar-refractivity contribution in [3.63, 3.8) is 0 Å². The van der Waals surface area contributed by atoms with Crippen LogP contribution in [0.25, 0.3) is 0 Å². The van der Waals surface area contributed by atoms with Crippen LogP contribution in [0.3, 0.4) is 0 Å². The molecule has 1 saturated carbocycles.